The third-order valence-corrected chi connectivity index (χ3v) is 18.0. The highest BCUT2D eigenvalue weighted by molar-refractivity contribution is 7.69. The number of benzene rings is 2. The van der Waals surface area contributed by atoms with E-state index in [1.807, 2.05) is 0 Å². The summed E-state index contributed by atoms with van der Waals surface area (Å²) < 4.78 is 32.7. The molecule has 2 spiro atoms. The van der Waals surface area contributed by atoms with Crippen molar-refractivity contribution in [3.63, 3.8) is 0 Å². The van der Waals surface area contributed by atoms with Gasteiger partial charge in [-0.2, -0.15) is 0 Å². The zero-order valence-corrected chi connectivity index (χ0v) is 30.3. The summed E-state index contributed by atoms with van der Waals surface area (Å²) in [6.45, 7) is 27.0. The minimum atomic E-state index is -0.626. The molecule has 5 heterocycles. The highest BCUT2D eigenvalue weighted by Gasteiger charge is 2.59. The fourth-order valence-corrected chi connectivity index (χ4v) is 19.0. The smallest absolute Gasteiger partial charge is 0.170 e. The van der Waals surface area contributed by atoms with Crippen molar-refractivity contribution in [2.45, 2.75) is 133 Å². The van der Waals surface area contributed by atoms with Crippen molar-refractivity contribution in [1.82, 2.24) is 0 Å². The minimum absolute atomic E-state index is 0.0108. The van der Waals surface area contributed by atoms with Crippen LogP contribution in [0, 0.1) is 0 Å². The molecule has 0 N–H and O–H groups in total. The molecule has 0 aromatic heterocycles. The predicted molar refractivity (Wildman–Crippen MR) is 182 cm³/mol. The Balaban J connectivity index is 1.35. The van der Waals surface area contributed by atoms with E-state index in [4.69, 9.17) is 23.7 Å². The summed E-state index contributed by atoms with van der Waals surface area (Å²) in [5, 5.41) is 2.81. The molecule has 4 fully saturated rings. The lowest BCUT2D eigenvalue weighted by atomic mass is 9.76. The molecule has 0 bridgehead atoms. The summed E-state index contributed by atoms with van der Waals surface area (Å²) in [5.74, 6) is 1.25. The van der Waals surface area contributed by atoms with Crippen molar-refractivity contribution in [1.29, 1.82) is 0 Å². The van der Waals surface area contributed by atoms with E-state index in [0.29, 0.717) is 26.4 Å². The summed E-state index contributed by atoms with van der Waals surface area (Å²) in [7, 11) is -1.25. The lowest BCUT2D eigenvalue weighted by molar-refractivity contribution is -0.179. The van der Waals surface area contributed by atoms with Crippen molar-refractivity contribution in [3.8, 4) is 11.5 Å². The molecule has 0 unspecified atom stereocenters. The van der Waals surface area contributed by atoms with E-state index in [0.717, 1.165) is 37.2 Å². The van der Waals surface area contributed by atoms with Crippen molar-refractivity contribution < 1.29 is 23.7 Å². The summed E-state index contributed by atoms with van der Waals surface area (Å²) >= 11 is 0. The van der Waals surface area contributed by atoms with E-state index in [9.17, 15) is 0 Å². The van der Waals surface area contributed by atoms with Gasteiger partial charge in [-0.3, -0.25) is 0 Å². The number of hydrogen-bond acceptors (Lipinski definition) is 5. The summed E-state index contributed by atoms with van der Waals surface area (Å²) in [6.07, 6.45) is 3.63. The Kier molecular flexibility index (Phi) is 7.15. The van der Waals surface area contributed by atoms with Crippen molar-refractivity contribution >= 4 is 26.5 Å². The molecule has 5 aliphatic rings. The third kappa shape index (κ3) is 4.78. The van der Waals surface area contributed by atoms with Gasteiger partial charge < -0.3 is 23.7 Å². The van der Waals surface area contributed by atoms with E-state index in [1.165, 1.54) is 21.7 Å². The van der Waals surface area contributed by atoms with Crippen LogP contribution in [0.5, 0.6) is 11.5 Å². The first-order valence-corrected chi connectivity index (χ1v) is 19.2. The zero-order valence-electron chi connectivity index (χ0n) is 28.6. The molecule has 5 aliphatic heterocycles. The van der Waals surface area contributed by atoms with Crippen LogP contribution in [0.25, 0.3) is 0 Å². The molecule has 5 nitrogen and oxygen atoms in total. The first kappa shape index (κ1) is 31.5. The fraction of sp³-hybridized carbons (Fsp3) is 0.676. The van der Waals surface area contributed by atoms with Gasteiger partial charge in [0, 0.05) is 52.8 Å². The second kappa shape index (κ2) is 9.98. The van der Waals surface area contributed by atoms with Gasteiger partial charge in [0.2, 0.25) is 0 Å². The molecule has 44 heavy (non-hydrogen) atoms. The van der Waals surface area contributed by atoms with Crippen LogP contribution in [0.15, 0.2) is 36.4 Å². The highest BCUT2D eigenvalue weighted by atomic mass is 31.1. The van der Waals surface area contributed by atoms with Gasteiger partial charge in [0.25, 0.3) is 0 Å². The summed E-state index contributed by atoms with van der Waals surface area (Å²) in [4.78, 5) is 0. The van der Waals surface area contributed by atoms with Crippen LogP contribution in [-0.2, 0) is 24.4 Å². The molecular weight excluding hydrogens is 586 g/mol. The molecule has 0 atom stereocenters. The van der Waals surface area contributed by atoms with Gasteiger partial charge in [-0.1, -0.05) is 121 Å². The van der Waals surface area contributed by atoms with Gasteiger partial charge in [0.05, 0.1) is 26.4 Å². The average molecular weight is 639 g/mol. The van der Waals surface area contributed by atoms with Gasteiger partial charge in [-0.25, -0.2) is 0 Å². The molecule has 0 aliphatic carbocycles. The number of fused-ring (bicyclic) bond motifs is 2. The van der Waals surface area contributed by atoms with E-state index in [1.54, 1.807) is 0 Å². The lowest BCUT2D eigenvalue weighted by Crippen LogP contribution is -2.53. The Bertz CT molecular complexity index is 1310. The van der Waals surface area contributed by atoms with E-state index >= 15 is 0 Å². The minimum Gasteiger partial charge on any atom is -0.455 e. The van der Waals surface area contributed by atoms with E-state index in [-0.39, 0.29) is 26.0 Å². The molecule has 7 rings (SSSR count). The molecule has 240 valence electrons. The molecular formula is C37H52O5P2. The molecule has 0 saturated carbocycles. The molecule has 0 amide bonds. The first-order chi connectivity index (χ1) is 20.4. The van der Waals surface area contributed by atoms with Crippen LogP contribution in [-0.4, -0.2) is 58.6 Å². The largest absolute Gasteiger partial charge is 0.455 e. The van der Waals surface area contributed by atoms with Crippen LogP contribution in [0.2, 0.25) is 0 Å². The normalized spacial score (nSPS) is 28.9. The van der Waals surface area contributed by atoms with Gasteiger partial charge in [0.1, 0.15) is 11.5 Å². The number of para-hydroxylation sites is 2. The summed E-state index contributed by atoms with van der Waals surface area (Å²) in [5.41, 5.74) is 2.40. The SMILES string of the molecule is CC1(C)c2cccc(P3C(C)(C)CC4(CC3(C)C)OCCO4)c2Oc2c(P3C(C)(C)CC4(CC3(C)C)OCCO4)cccc21. The number of ether oxygens (including phenoxy) is 5. The van der Waals surface area contributed by atoms with E-state index < -0.39 is 27.4 Å². The van der Waals surface area contributed by atoms with Gasteiger partial charge in [-0.15, -0.1) is 0 Å². The maximum atomic E-state index is 7.40. The maximum Gasteiger partial charge on any atom is 0.170 e. The van der Waals surface area contributed by atoms with E-state index in [2.05, 4.69) is 106 Å². The lowest BCUT2D eigenvalue weighted by Gasteiger charge is -2.56. The zero-order chi connectivity index (χ0) is 31.6. The Morgan fingerprint density at radius 1 is 0.477 bits per heavy atom. The van der Waals surface area contributed by atoms with Crippen LogP contribution in [0.1, 0.15) is 106 Å². The molecule has 7 heteroatoms. The van der Waals surface area contributed by atoms with Crippen molar-refractivity contribution in [2.75, 3.05) is 26.4 Å². The summed E-state index contributed by atoms with van der Waals surface area (Å²) in [6, 6.07) is 13.9. The Morgan fingerprint density at radius 2 is 0.795 bits per heavy atom. The average Bonchev–Trinajstić information content (AvgIpc) is 3.50. The predicted octanol–water partition coefficient (Wildman–Crippen LogP) is 8.52. The Morgan fingerprint density at radius 3 is 1.11 bits per heavy atom. The molecule has 2 aromatic carbocycles. The van der Waals surface area contributed by atoms with Crippen LogP contribution >= 0.6 is 15.8 Å². The topological polar surface area (TPSA) is 46.2 Å². The highest BCUT2D eigenvalue weighted by Crippen LogP contribution is 2.71. The third-order valence-electron chi connectivity index (χ3n) is 10.9. The molecule has 0 radical (unpaired) electrons. The molecule has 2 aromatic rings. The fourth-order valence-electron chi connectivity index (χ4n) is 10.3. The quantitative estimate of drug-likeness (QED) is 0.309. The van der Waals surface area contributed by atoms with Crippen LogP contribution in [0.4, 0.5) is 0 Å². The van der Waals surface area contributed by atoms with Gasteiger partial charge >= 0.3 is 0 Å². The maximum absolute atomic E-state index is 7.40. The molecule has 4 saturated heterocycles. The second-order valence-electron chi connectivity index (χ2n) is 16.9. The first-order valence-electron chi connectivity index (χ1n) is 16.5. The van der Waals surface area contributed by atoms with Crippen LogP contribution in [0.3, 0.4) is 0 Å². The Labute approximate surface area is 267 Å². The number of hydrogen-bond donors (Lipinski definition) is 0. The standard InChI is InChI=1S/C37H52O5P2/c1-31(2)21-36(38-17-18-39-36)22-32(3,4)43(31)27-15-11-13-25-29(27)42-30-26(35(25,9)10)14-12-16-28(30)44-33(5,6)23-37(24-34(44,7)8)40-19-20-41-37/h11-16H,17-24H2,1-10H3. The Hall–Kier alpha value is -1.06. The second-order valence-corrected chi connectivity index (χ2v) is 24.0. The van der Waals surface area contributed by atoms with Crippen molar-refractivity contribution in [2.24, 2.45) is 0 Å². The number of rotatable bonds is 2. The van der Waals surface area contributed by atoms with Crippen molar-refractivity contribution in [3.05, 3.63) is 47.5 Å². The monoisotopic (exact) mass is 638 g/mol. The van der Waals surface area contributed by atoms with Crippen LogP contribution < -0.4 is 15.3 Å². The van der Waals surface area contributed by atoms with Gasteiger partial charge in [-0.05, 0) is 20.6 Å². The van der Waals surface area contributed by atoms with Gasteiger partial charge in [0.15, 0.2) is 11.6 Å².